The number of benzene rings is 2. The van der Waals surface area contributed by atoms with Crippen molar-refractivity contribution in [1.29, 1.82) is 5.26 Å². The van der Waals surface area contributed by atoms with Crippen molar-refractivity contribution in [2.75, 3.05) is 40.9 Å². The van der Waals surface area contributed by atoms with Crippen LogP contribution in [0.1, 0.15) is 102 Å². The number of ether oxygens (including phenoxy) is 2. The number of hydrazine groups is 1. The third kappa shape index (κ3) is 10.1. The zero-order chi connectivity index (χ0) is 51.2. The van der Waals surface area contributed by atoms with Gasteiger partial charge >= 0.3 is 5.97 Å². The Bertz CT molecular complexity index is 2810. The van der Waals surface area contributed by atoms with Crippen LogP contribution in [0, 0.1) is 28.1 Å². The van der Waals surface area contributed by atoms with E-state index in [9.17, 15) is 34.3 Å². The van der Waals surface area contributed by atoms with Gasteiger partial charge in [-0.1, -0.05) is 38.8 Å². The van der Waals surface area contributed by atoms with Crippen molar-refractivity contribution in [3.63, 3.8) is 0 Å². The van der Waals surface area contributed by atoms with Crippen LogP contribution in [0.5, 0.6) is 5.75 Å². The second-order valence-corrected chi connectivity index (χ2v) is 21.6. The lowest BCUT2D eigenvalue weighted by atomic mass is 9.84. The van der Waals surface area contributed by atoms with Gasteiger partial charge in [-0.05, 0) is 123 Å². The van der Waals surface area contributed by atoms with E-state index in [0.717, 1.165) is 64.7 Å². The summed E-state index contributed by atoms with van der Waals surface area (Å²) in [6.45, 7) is 8.98. The molecule has 5 heterocycles. The summed E-state index contributed by atoms with van der Waals surface area (Å²) >= 11 is 0. The number of aryl methyl sites for hydroxylation is 1. The molecule has 5 aliphatic rings. The largest absolute Gasteiger partial charge is 0.508 e. The van der Waals surface area contributed by atoms with Gasteiger partial charge in [-0.25, -0.2) is 5.43 Å². The Morgan fingerprint density at radius 3 is 2.53 bits per heavy atom. The lowest BCUT2D eigenvalue weighted by Gasteiger charge is -2.37. The molecule has 4 fully saturated rings. The topological polar surface area (TPSA) is 221 Å². The Kier molecular flexibility index (Phi) is 14.2. The zero-order valence-corrected chi connectivity index (χ0v) is 42.6. The molecule has 72 heavy (non-hydrogen) atoms. The fraction of sp³-hybridized carbons (Fsp3) is 0.545. The number of likely N-dealkylation sites (N-methyl/N-ethyl adjacent to an activating group) is 2. The monoisotopic (exact) mass is 984 g/mol. The van der Waals surface area contributed by atoms with Crippen LogP contribution in [-0.4, -0.2) is 130 Å². The first-order chi connectivity index (χ1) is 34.5. The number of carbonyl (C=O) groups excluding carboxylic acids is 5. The molecule has 4 amide bonds. The number of hydrogen-bond donors (Lipinski definition) is 4. The van der Waals surface area contributed by atoms with Gasteiger partial charge in [0.15, 0.2) is 0 Å². The molecule has 2 aromatic heterocycles. The van der Waals surface area contributed by atoms with Crippen molar-refractivity contribution in [1.82, 2.24) is 40.4 Å². The maximum absolute atomic E-state index is 14.9. The number of amides is 4. The van der Waals surface area contributed by atoms with Crippen molar-refractivity contribution in [3.05, 3.63) is 71.5 Å². The van der Waals surface area contributed by atoms with Gasteiger partial charge in [0.2, 0.25) is 17.7 Å². The molecule has 3 aliphatic heterocycles. The molecule has 4 aromatic rings. The number of fused-ring (bicyclic) bond motifs is 6. The van der Waals surface area contributed by atoms with E-state index in [2.05, 4.69) is 65.7 Å². The van der Waals surface area contributed by atoms with Crippen LogP contribution in [0.2, 0.25) is 0 Å². The number of esters is 1. The molecule has 2 saturated heterocycles. The first-order valence-electron chi connectivity index (χ1n) is 25.7. The van der Waals surface area contributed by atoms with Gasteiger partial charge in [-0.15, -0.1) is 0 Å². The van der Waals surface area contributed by atoms with Crippen molar-refractivity contribution in [2.45, 2.75) is 135 Å². The number of aromatic nitrogens is 2. The first-order valence-corrected chi connectivity index (χ1v) is 25.7. The Hall–Kier alpha value is -6.35. The minimum absolute atomic E-state index is 0.0179. The van der Waals surface area contributed by atoms with Gasteiger partial charge in [0.25, 0.3) is 5.91 Å². The molecule has 17 nitrogen and oxygen atoms in total. The Morgan fingerprint density at radius 2 is 1.82 bits per heavy atom. The number of nitrogens with one attached hydrogen (secondary N) is 3. The van der Waals surface area contributed by atoms with Crippen LogP contribution >= 0.6 is 0 Å². The third-order valence-electron chi connectivity index (χ3n) is 15.8. The quantitative estimate of drug-likeness (QED) is 0.101. The summed E-state index contributed by atoms with van der Waals surface area (Å²) in [5, 5.41) is 29.7. The fourth-order valence-corrected chi connectivity index (χ4v) is 11.5. The SMILES string of the molecule is CCn1c(-c2cccnc2[C@H](C)OC)c2c3cc(ccc31)-c1cc(O)cc(c1)C[C@H](NC(=O)[C@H](C1CCCC1)N(C)C(=O)CN(C)C(=O)[C@@H]1N[C@@H]1C1(C#N)CC1)C(=O)N1CCC[C@H](N1)C(=O)OCC(C)(C)C2. The standard InChI is InChI=1S/C55H69N9O8/c1-8-63-43-18-17-35-27-39(43)40(48(63)38-15-11-21-57-45(38)32(2)71-7)28-54(3,4)31-72-53(70)41-16-12-22-64(60-41)51(68)42(25-33-23-36(35)26-37(65)24-33)58-50(67)47(34-13-9-10-14-34)62(6)44(66)29-61(5)52(69)46-49(59-46)55(30-56)19-20-55/h11,15,17-18,21,23-24,26-27,32,34,41-42,46-47,49,59-60,65H,8-10,12-14,16,19-20,22,25,28-29,31H2,1-7H3,(H,58,67)/t32-,41-,42-,46+,47-,49-/m0/s1. The summed E-state index contributed by atoms with van der Waals surface area (Å²) in [6.07, 6.45) is 7.54. The minimum atomic E-state index is -1.19. The van der Waals surface area contributed by atoms with Crippen molar-refractivity contribution >= 4 is 40.5 Å². The lowest BCUT2D eigenvalue weighted by molar-refractivity contribution is -0.155. The summed E-state index contributed by atoms with van der Waals surface area (Å²) in [4.78, 5) is 78.9. The number of hydrogen-bond acceptors (Lipinski definition) is 12. The highest BCUT2D eigenvalue weighted by Crippen LogP contribution is 2.53. The summed E-state index contributed by atoms with van der Waals surface area (Å²) < 4.78 is 14.3. The maximum atomic E-state index is 14.9. The number of nitriles is 1. The van der Waals surface area contributed by atoms with Gasteiger partial charge in [-0.3, -0.25) is 39.3 Å². The molecule has 2 aliphatic carbocycles. The number of phenols is 1. The van der Waals surface area contributed by atoms with Gasteiger partial charge in [0, 0.05) is 68.8 Å². The molecular weight excluding hydrogens is 915 g/mol. The number of nitrogens with zero attached hydrogens (tertiary/aromatic N) is 6. The zero-order valence-electron chi connectivity index (χ0n) is 42.6. The number of aromatic hydroxyl groups is 1. The van der Waals surface area contributed by atoms with Crippen LogP contribution in [0.15, 0.2) is 54.7 Å². The molecule has 382 valence electrons. The van der Waals surface area contributed by atoms with Crippen molar-refractivity contribution < 1.29 is 38.6 Å². The highest BCUT2D eigenvalue weighted by molar-refractivity contribution is 5.97. The predicted octanol–water partition coefficient (Wildman–Crippen LogP) is 5.57. The number of cyclic esters (lactones) is 1. The van der Waals surface area contributed by atoms with E-state index in [1.165, 1.54) is 14.8 Å². The lowest BCUT2D eigenvalue weighted by Crippen LogP contribution is -2.62. The van der Waals surface area contributed by atoms with Crippen LogP contribution in [-0.2, 0) is 52.8 Å². The number of carbonyl (C=O) groups is 5. The van der Waals surface area contributed by atoms with Crippen LogP contribution in [0.3, 0.4) is 0 Å². The predicted molar refractivity (Wildman–Crippen MR) is 269 cm³/mol. The number of methoxy groups -OCH3 is 1. The molecule has 17 heteroatoms. The smallest absolute Gasteiger partial charge is 0.324 e. The number of pyridine rings is 1. The number of phenolic OH excluding ortho intramolecular Hbond substituents is 1. The van der Waals surface area contributed by atoms with Crippen molar-refractivity contribution in [2.24, 2.45) is 16.7 Å². The fourth-order valence-electron chi connectivity index (χ4n) is 11.5. The summed E-state index contributed by atoms with van der Waals surface area (Å²) in [5.74, 6) is -2.41. The molecule has 6 atom stereocenters. The molecular formula is C55H69N9O8. The van der Waals surface area contributed by atoms with Gasteiger partial charge in [0.1, 0.15) is 29.9 Å². The van der Waals surface area contributed by atoms with Crippen LogP contribution < -0.4 is 16.1 Å². The highest BCUT2D eigenvalue weighted by Gasteiger charge is 2.63. The van der Waals surface area contributed by atoms with E-state index >= 15 is 0 Å². The van der Waals surface area contributed by atoms with Crippen molar-refractivity contribution in [3.8, 4) is 34.2 Å². The molecule has 0 radical (unpaired) electrons. The molecule has 2 saturated carbocycles. The molecule has 4 N–H and O–H groups in total. The summed E-state index contributed by atoms with van der Waals surface area (Å²) in [5.41, 5.74) is 8.97. The summed E-state index contributed by atoms with van der Waals surface area (Å²) in [7, 11) is 4.80. The molecule has 9 rings (SSSR count). The first kappa shape index (κ1) is 50.6. The highest BCUT2D eigenvalue weighted by atomic mass is 16.5. The Balaban J connectivity index is 1.07. The second-order valence-electron chi connectivity index (χ2n) is 21.6. The average Bonchev–Trinajstić information content (AvgIpc) is 4.28. The van der Waals surface area contributed by atoms with E-state index < -0.39 is 58.7 Å². The minimum Gasteiger partial charge on any atom is -0.508 e. The van der Waals surface area contributed by atoms with Gasteiger partial charge < -0.3 is 34.3 Å². The van der Waals surface area contributed by atoms with Crippen LogP contribution in [0.25, 0.3) is 33.3 Å². The molecule has 2 aromatic carbocycles. The molecule has 6 bridgehead atoms. The summed E-state index contributed by atoms with van der Waals surface area (Å²) in [6, 6.07) is 14.1. The maximum Gasteiger partial charge on any atom is 0.324 e. The van der Waals surface area contributed by atoms with Gasteiger partial charge in [-0.2, -0.15) is 5.26 Å². The Morgan fingerprint density at radius 1 is 1.06 bits per heavy atom. The van der Waals surface area contributed by atoms with E-state index in [1.54, 1.807) is 39.5 Å². The number of rotatable bonds is 12. The third-order valence-corrected chi connectivity index (χ3v) is 15.8. The van der Waals surface area contributed by atoms with E-state index in [-0.39, 0.29) is 55.8 Å². The second kappa shape index (κ2) is 20.3. The van der Waals surface area contributed by atoms with E-state index in [4.69, 9.17) is 14.5 Å². The van der Waals surface area contributed by atoms with E-state index in [0.29, 0.717) is 49.8 Å². The molecule has 0 unspecified atom stereocenters. The normalized spacial score (nSPS) is 23.6. The van der Waals surface area contributed by atoms with E-state index in [1.807, 2.05) is 25.1 Å². The van der Waals surface area contributed by atoms with Gasteiger partial charge in [0.05, 0.1) is 48.2 Å². The van der Waals surface area contributed by atoms with Crippen LogP contribution in [0.4, 0.5) is 0 Å². The average molecular weight is 984 g/mol. The molecule has 0 spiro atoms. The Labute approximate surface area is 421 Å².